The molecule has 7 nitrogen and oxygen atoms in total. The summed E-state index contributed by atoms with van der Waals surface area (Å²) >= 11 is 0. The van der Waals surface area contributed by atoms with Crippen molar-refractivity contribution in [2.75, 3.05) is 38.3 Å². The standard InChI is InChI=1S/C23H29FN4O3/c1-15(2)31-21-11-18-16(10-19(21)24)13-25-23(18)20-12-22(27-14-26-20)28-6-4-17(5-7-28)30-9-8-29-3/h10-12,14-15,17H,4-9,13H2,1-3H3. The number of ether oxygens (including phenoxy) is 3. The average molecular weight is 429 g/mol. The minimum Gasteiger partial charge on any atom is -0.488 e. The minimum atomic E-state index is -0.358. The topological polar surface area (TPSA) is 69.1 Å². The number of aliphatic imine (C=N–C) groups is 1. The van der Waals surface area contributed by atoms with Crippen molar-refractivity contribution in [2.45, 2.75) is 45.4 Å². The van der Waals surface area contributed by atoms with Crippen LogP contribution in [0.15, 0.2) is 29.5 Å². The molecule has 2 aliphatic heterocycles. The second-order valence-electron chi connectivity index (χ2n) is 8.08. The molecule has 1 fully saturated rings. The molecule has 8 heteroatoms. The van der Waals surface area contributed by atoms with Crippen LogP contribution < -0.4 is 9.64 Å². The van der Waals surface area contributed by atoms with Gasteiger partial charge in [-0.2, -0.15) is 0 Å². The van der Waals surface area contributed by atoms with Gasteiger partial charge in [-0.25, -0.2) is 14.4 Å². The summed E-state index contributed by atoms with van der Waals surface area (Å²) in [4.78, 5) is 15.8. The van der Waals surface area contributed by atoms with Gasteiger partial charge in [-0.3, -0.25) is 4.99 Å². The van der Waals surface area contributed by atoms with Gasteiger partial charge in [-0.05, 0) is 44.4 Å². The summed E-state index contributed by atoms with van der Waals surface area (Å²) in [7, 11) is 1.68. The number of nitrogens with zero attached hydrogens (tertiary/aromatic N) is 4. The van der Waals surface area contributed by atoms with Crippen molar-refractivity contribution in [2.24, 2.45) is 4.99 Å². The summed E-state index contributed by atoms with van der Waals surface area (Å²) in [6.07, 6.45) is 3.61. The lowest BCUT2D eigenvalue weighted by Gasteiger charge is -2.32. The van der Waals surface area contributed by atoms with Crippen LogP contribution in [0.1, 0.15) is 43.5 Å². The van der Waals surface area contributed by atoms with Gasteiger partial charge in [-0.1, -0.05) is 0 Å². The smallest absolute Gasteiger partial charge is 0.165 e. The van der Waals surface area contributed by atoms with E-state index < -0.39 is 0 Å². The third-order valence-corrected chi connectivity index (χ3v) is 5.49. The van der Waals surface area contributed by atoms with Gasteiger partial charge in [0.1, 0.15) is 12.1 Å². The summed E-state index contributed by atoms with van der Waals surface area (Å²) in [6.45, 7) is 7.18. The zero-order valence-corrected chi connectivity index (χ0v) is 18.3. The van der Waals surface area contributed by atoms with Gasteiger partial charge in [0.15, 0.2) is 11.6 Å². The summed E-state index contributed by atoms with van der Waals surface area (Å²) in [5.74, 6) is 0.758. The highest BCUT2D eigenvalue weighted by Crippen LogP contribution is 2.30. The Morgan fingerprint density at radius 3 is 2.68 bits per heavy atom. The fourth-order valence-electron chi connectivity index (χ4n) is 3.96. The SMILES string of the molecule is COCCOC1CCN(c2cc(C3=NCc4cc(F)c(OC(C)C)cc43)ncn2)CC1. The van der Waals surface area contributed by atoms with Gasteiger partial charge in [0, 0.05) is 31.8 Å². The Balaban J connectivity index is 1.48. The Kier molecular flexibility index (Phi) is 6.77. The van der Waals surface area contributed by atoms with Crippen LogP contribution in [0.2, 0.25) is 0 Å². The Labute approximate surface area is 182 Å². The quantitative estimate of drug-likeness (QED) is 0.601. The molecule has 1 aromatic heterocycles. The molecule has 0 aliphatic carbocycles. The van der Waals surface area contributed by atoms with E-state index in [2.05, 4.69) is 19.9 Å². The van der Waals surface area contributed by atoms with Crippen LogP contribution >= 0.6 is 0 Å². The van der Waals surface area contributed by atoms with Crippen LogP contribution in [0, 0.1) is 5.82 Å². The third-order valence-electron chi connectivity index (χ3n) is 5.49. The van der Waals surface area contributed by atoms with Crippen molar-refractivity contribution >= 4 is 11.5 Å². The fraction of sp³-hybridized carbons (Fsp3) is 0.522. The molecule has 0 unspecified atom stereocenters. The Morgan fingerprint density at radius 2 is 1.94 bits per heavy atom. The molecular weight excluding hydrogens is 399 g/mol. The molecule has 1 aromatic carbocycles. The molecule has 0 saturated carbocycles. The van der Waals surface area contributed by atoms with Gasteiger partial charge in [-0.15, -0.1) is 0 Å². The van der Waals surface area contributed by atoms with E-state index in [1.54, 1.807) is 19.5 Å². The molecule has 0 N–H and O–H groups in total. The molecule has 0 atom stereocenters. The van der Waals surface area contributed by atoms with Crippen molar-refractivity contribution in [3.63, 3.8) is 0 Å². The highest BCUT2D eigenvalue weighted by Gasteiger charge is 2.25. The molecule has 0 radical (unpaired) electrons. The number of methoxy groups -OCH3 is 1. The predicted octanol–water partition coefficient (Wildman–Crippen LogP) is 3.39. The van der Waals surface area contributed by atoms with Gasteiger partial charge >= 0.3 is 0 Å². The van der Waals surface area contributed by atoms with Gasteiger partial charge in [0.2, 0.25) is 0 Å². The van der Waals surface area contributed by atoms with Gasteiger partial charge in [0.05, 0.1) is 43.4 Å². The van der Waals surface area contributed by atoms with E-state index in [4.69, 9.17) is 14.2 Å². The van der Waals surface area contributed by atoms with Crippen molar-refractivity contribution in [3.05, 3.63) is 47.2 Å². The number of benzene rings is 1. The third kappa shape index (κ3) is 5.02. The molecular formula is C23H29FN4O3. The largest absolute Gasteiger partial charge is 0.488 e. The monoisotopic (exact) mass is 428 g/mol. The molecule has 0 amide bonds. The Bertz CT molecular complexity index is 942. The fourth-order valence-corrected chi connectivity index (χ4v) is 3.96. The number of anilines is 1. The lowest BCUT2D eigenvalue weighted by atomic mass is 10.0. The van der Waals surface area contributed by atoms with E-state index >= 15 is 0 Å². The zero-order chi connectivity index (χ0) is 21.8. The van der Waals surface area contributed by atoms with Crippen molar-refractivity contribution in [3.8, 4) is 5.75 Å². The van der Waals surface area contributed by atoms with E-state index in [0.717, 1.165) is 54.3 Å². The normalized spacial score (nSPS) is 16.5. The lowest BCUT2D eigenvalue weighted by molar-refractivity contribution is 0.00604. The number of halogens is 1. The highest BCUT2D eigenvalue weighted by atomic mass is 19.1. The molecule has 0 spiro atoms. The first-order valence-electron chi connectivity index (χ1n) is 10.8. The predicted molar refractivity (Wildman–Crippen MR) is 117 cm³/mol. The minimum absolute atomic E-state index is 0.110. The maximum absolute atomic E-state index is 14.3. The maximum Gasteiger partial charge on any atom is 0.165 e. The van der Waals surface area contributed by atoms with Crippen LogP contribution in [0.3, 0.4) is 0 Å². The van der Waals surface area contributed by atoms with Crippen molar-refractivity contribution < 1.29 is 18.6 Å². The zero-order valence-electron chi connectivity index (χ0n) is 18.3. The van der Waals surface area contributed by atoms with Gasteiger partial charge < -0.3 is 19.1 Å². The Hall–Kier alpha value is -2.58. The van der Waals surface area contributed by atoms with Crippen molar-refractivity contribution in [1.29, 1.82) is 0 Å². The molecule has 166 valence electrons. The van der Waals surface area contributed by atoms with Crippen LogP contribution in [-0.2, 0) is 16.0 Å². The second kappa shape index (κ2) is 9.70. The van der Waals surface area contributed by atoms with Gasteiger partial charge in [0.25, 0.3) is 0 Å². The first kappa shape index (κ1) is 21.6. The Morgan fingerprint density at radius 1 is 1.13 bits per heavy atom. The number of piperidine rings is 1. The number of aromatic nitrogens is 2. The average Bonchev–Trinajstić information content (AvgIpc) is 3.17. The summed E-state index contributed by atoms with van der Waals surface area (Å²) in [5, 5.41) is 0. The molecule has 3 heterocycles. The molecule has 4 rings (SSSR count). The van der Waals surface area contributed by atoms with Crippen LogP contribution in [0.4, 0.5) is 10.2 Å². The summed E-state index contributed by atoms with van der Waals surface area (Å²) in [6, 6.07) is 5.22. The summed E-state index contributed by atoms with van der Waals surface area (Å²) < 4.78 is 30.9. The van der Waals surface area contributed by atoms with E-state index in [-0.39, 0.29) is 23.8 Å². The lowest BCUT2D eigenvalue weighted by Crippen LogP contribution is -2.38. The van der Waals surface area contributed by atoms with E-state index in [9.17, 15) is 4.39 Å². The van der Waals surface area contributed by atoms with E-state index in [1.165, 1.54) is 6.07 Å². The van der Waals surface area contributed by atoms with E-state index in [0.29, 0.717) is 19.8 Å². The van der Waals surface area contributed by atoms with Crippen LogP contribution in [0.25, 0.3) is 0 Å². The summed E-state index contributed by atoms with van der Waals surface area (Å²) in [5.41, 5.74) is 3.21. The molecule has 31 heavy (non-hydrogen) atoms. The number of hydrogen-bond acceptors (Lipinski definition) is 7. The van der Waals surface area contributed by atoms with Crippen molar-refractivity contribution in [1.82, 2.24) is 9.97 Å². The highest BCUT2D eigenvalue weighted by molar-refractivity contribution is 6.14. The first-order valence-corrected chi connectivity index (χ1v) is 10.8. The molecule has 2 aliphatic rings. The first-order chi connectivity index (χ1) is 15.0. The molecule has 0 bridgehead atoms. The number of rotatable bonds is 8. The van der Waals surface area contributed by atoms with Crippen LogP contribution in [0.5, 0.6) is 5.75 Å². The van der Waals surface area contributed by atoms with E-state index in [1.807, 2.05) is 19.9 Å². The van der Waals surface area contributed by atoms with Crippen LogP contribution in [-0.4, -0.2) is 61.3 Å². The molecule has 2 aromatic rings. The number of hydrogen-bond donors (Lipinski definition) is 0. The maximum atomic E-state index is 14.3. The second-order valence-corrected chi connectivity index (χ2v) is 8.08. The number of fused-ring (bicyclic) bond motifs is 1. The molecule has 1 saturated heterocycles.